The monoisotopic (exact) mass is 203 g/mol. The topological polar surface area (TPSA) is 43.1 Å². The van der Waals surface area contributed by atoms with Crippen LogP contribution in [0.25, 0.3) is 0 Å². The summed E-state index contributed by atoms with van der Waals surface area (Å²) >= 11 is 0. The van der Waals surface area contributed by atoms with Crippen LogP contribution in [0.4, 0.5) is 0 Å². The molecule has 1 aliphatic carbocycles. The van der Waals surface area contributed by atoms with E-state index >= 15 is 0 Å². The third-order valence-electron chi connectivity index (χ3n) is 3.37. The molecule has 0 heterocycles. The summed E-state index contributed by atoms with van der Waals surface area (Å²) in [5, 5.41) is 0. The second-order valence-corrected chi connectivity index (χ2v) is 4.57. The van der Waals surface area contributed by atoms with Gasteiger partial charge in [-0.2, -0.15) is 0 Å². The average Bonchev–Trinajstić information content (AvgIpc) is 2.66. The van der Waals surface area contributed by atoms with Crippen LogP contribution in [0.2, 0.25) is 0 Å². The second-order valence-electron chi connectivity index (χ2n) is 4.57. The number of nitrogens with two attached hydrogens (primary N) is 1. The van der Waals surface area contributed by atoms with E-state index in [4.69, 9.17) is 5.73 Å². The van der Waals surface area contributed by atoms with Crippen molar-refractivity contribution in [1.29, 1.82) is 0 Å². The third kappa shape index (κ3) is 1.82. The van der Waals surface area contributed by atoms with Crippen molar-refractivity contribution in [1.82, 2.24) is 0 Å². The predicted molar refractivity (Wildman–Crippen MR) is 60.9 cm³/mol. The van der Waals surface area contributed by atoms with Gasteiger partial charge in [0.25, 0.3) is 0 Å². The van der Waals surface area contributed by atoms with Gasteiger partial charge in [-0.25, -0.2) is 0 Å². The molecule has 0 saturated heterocycles. The Bertz CT molecular complexity index is 378. The lowest BCUT2D eigenvalue weighted by Crippen LogP contribution is -2.34. The zero-order chi connectivity index (χ0) is 10.9. The van der Waals surface area contributed by atoms with Gasteiger partial charge in [0.15, 0.2) is 0 Å². The molecule has 1 saturated carbocycles. The Labute approximate surface area is 90.5 Å². The van der Waals surface area contributed by atoms with Crippen molar-refractivity contribution in [3.8, 4) is 0 Å². The maximum Gasteiger partial charge on any atom is 0.150 e. The number of carbonyl (C=O) groups excluding carboxylic acids is 1. The highest BCUT2D eigenvalue weighted by Gasteiger charge is 2.32. The molecule has 0 bridgehead atoms. The fraction of sp³-hybridized carbons (Fsp3) is 0.462. The summed E-state index contributed by atoms with van der Waals surface area (Å²) in [7, 11) is 0. The van der Waals surface area contributed by atoms with Gasteiger partial charge in [0.1, 0.15) is 6.29 Å². The van der Waals surface area contributed by atoms with E-state index in [-0.39, 0.29) is 5.54 Å². The predicted octanol–water partition coefficient (Wildman–Crippen LogP) is 2.54. The Hall–Kier alpha value is -1.15. The lowest BCUT2D eigenvalue weighted by molar-refractivity contribution is 0.112. The van der Waals surface area contributed by atoms with Crippen LogP contribution >= 0.6 is 0 Å². The number of benzene rings is 1. The van der Waals surface area contributed by atoms with E-state index in [1.165, 1.54) is 12.8 Å². The summed E-state index contributed by atoms with van der Waals surface area (Å²) in [5.74, 6) is 0. The molecular formula is C13H17NO. The van der Waals surface area contributed by atoms with Crippen molar-refractivity contribution in [2.45, 2.75) is 38.1 Å². The smallest absolute Gasteiger partial charge is 0.150 e. The highest BCUT2D eigenvalue weighted by molar-refractivity contribution is 5.78. The van der Waals surface area contributed by atoms with Gasteiger partial charge in [-0.3, -0.25) is 4.79 Å². The minimum Gasteiger partial charge on any atom is -0.321 e. The molecule has 1 aromatic rings. The minimum absolute atomic E-state index is 0.260. The van der Waals surface area contributed by atoms with Gasteiger partial charge in [-0.1, -0.05) is 30.5 Å². The molecule has 2 nitrogen and oxygen atoms in total. The van der Waals surface area contributed by atoms with Gasteiger partial charge in [0.05, 0.1) is 0 Å². The maximum atomic E-state index is 11.0. The summed E-state index contributed by atoms with van der Waals surface area (Å²) in [5.41, 5.74) is 8.99. The normalized spacial score (nSPS) is 19.1. The number of aryl methyl sites for hydroxylation is 1. The van der Waals surface area contributed by atoms with Crippen LogP contribution in [0.15, 0.2) is 18.2 Å². The Kier molecular flexibility index (Phi) is 2.61. The zero-order valence-corrected chi connectivity index (χ0v) is 9.12. The molecular weight excluding hydrogens is 186 g/mol. The molecule has 1 aliphatic rings. The quantitative estimate of drug-likeness (QED) is 0.750. The Morgan fingerprint density at radius 1 is 1.33 bits per heavy atom. The first kappa shape index (κ1) is 10.4. The molecule has 0 radical (unpaired) electrons. The third-order valence-corrected chi connectivity index (χ3v) is 3.37. The molecule has 2 N–H and O–H groups in total. The van der Waals surface area contributed by atoms with Crippen molar-refractivity contribution >= 4 is 6.29 Å². The summed E-state index contributed by atoms with van der Waals surface area (Å²) < 4.78 is 0. The minimum atomic E-state index is -0.260. The molecule has 1 fully saturated rings. The fourth-order valence-electron chi connectivity index (χ4n) is 2.51. The summed E-state index contributed by atoms with van der Waals surface area (Å²) in [6.45, 7) is 1.99. The highest BCUT2D eigenvalue weighted by Crippen LogP contribution is 2.37. The van der Waals surface area contributed by atoms with E-state index in [0.717, 1.165) is 35.8 Å². The van der Waals surface area contributed by atoms with Crippen LogP contribution in [-0.4, -0.2) is 6.29 Å². The van der Waals surface area contributed by atoms with E-state index in [9.17, 15) is 4.79 Å². The molecule has 0 aromatic heterocycles. The van der Waals surface area contributed by atoms with Crippen LogP contribution in [0, 0.1) is 6.92 Å². The molecule has 0 unspecified atom stereocenters. The molecule has 0 aliphatic heterocycles. The Balaban J connectivity index is 2.46. The number of aldehydes is 1. The number of rotatable bonds is 2. The zero-order valence-electron chi connectivity index (χ0n) is 9.12. The van der Waals surface area contributed by atoms with E-state index < -0.39 is 0 Å². The van der Waals surface area contributed by atoms with Crippen LogP contribution in [0.1, 0.15) is 47.2 Å². The fourth-order valence-corrected chi connectivity index (χ4v) is 2.51. The first-order chi connectivity index (χ1) is 7.15. The molecule has 2 heteroatoms. The maximum absolute atomic E-state index is 11.0. The lowest BCUT2D eigenvalue weighted by Gasteiger charge is -2.25. The van der Waals surface area contributed by atoms with Crippen molar-refractivity contribution in [3.05, 3.63) is 34.9 Å². The SMILES string of the molecule is Cc1ccc(C2(N)CCCC2)c(C=O)c1. The van der Waals surface area contributed by atoms with Crippen LogP contribution in [-0.2, 0) is 5.54 Å². The van der Waals surface area contributed by atoms with Crippen molar-refractivity contribution in [2.75, 3.05) is 0 Å². The van der Waals surface area contributed by atoms with Crippen molar-refractivity contribution in [3.63, 3.8) is 0 Å². The Morgan fingerprint density at radius 2 is 2.00 bits per heavy atom. The van der Waals surface area contributed by atoms with E-state index in [0.29, 0.717) is 0 Å². The second kappa shape index (κ2) is 3.78. The number of hydrogen-bond acceptors (Lipinski definition) is 2. The van der Waals surface area contributed by atoms with E-state index in [2.05, 4.69) is 0 Å². The summed E-state index contributed by atoms with van der Waals surface area (Å²) in [6, 6.07) is 5.98. The van der Waals surface area contributed by atoms with Gasteiger partial charge in [0.2, 0.25) is 0 Å². The highest BCUT2D eigenvalue weighted by atomic mass is 16.1. The molecule has 15 heavy (non-hydrogen) atoms. The number of carbonyl (C=O) groups is 1. The molecule has 2 rings (SSSR count). The van der Waals surface area contributed by atoms with Crippen LogP contribution in [0.5, 0.6) is 0 Å². The lowest BCUT2D eigenvalue weighted by atomic mass is 9.85. The average molecular weight is 203 g/mol. The molecule has 0 amide bonds. The first-order valence-electron chi connectivity index (χ1n) is 5.51. The van der Waals surface area contributed by atoms with Crippen molar-refractivity contribution in [2.24, 2.45) is 5.73 Å². The molecule has 0 atom stereocenters. The van der Waals surface area contributed by atoms with Gasteiger partial charge >= 0.3 is 0 Å². The first-order valence-corrected chi connectivity index (χ1v) is 5.51. The van der Waals surface area contributed by atoms with Gasteiger partial charge in [-0.15, -0.1) is 0 Å². The summed E-state index contributed by atoms with van der Waals surface area (Å²) in [6.07, 6.45) is 5.26. The Morgan fingerprint density at radius 3 is 2.60 bits per heavy atom. The van der Waals surface area contributed by atoms with Gasteiger partial charge in [-0.05, 0) is 31.4 Å². The molecule has 1 aromatic carbocycles. The van der Waals surface area contributed by atoms with E-state index in [1.807, 2.05) is 25.1 Å². The molecule has 80 valence electrons. The molecule has 0 spiro atoms. The van der Waals surface area contributed by atoms with Crippen LogP contribution < -0.4 is 5.73 Å². The summed E-state index contributed by atoms with van der Waals surface area (Å²) in [4.78, 5) is 11.0. The van der Waals surface area contributed by atoms with Gasteiger partial charge in [0, 0.05) is 11.1 Å². The standard InChI is InChI=1S/C13H17NO/c1-10-4-5-12(11(8-10)9-15)13(14)6-2-3-7-13/h4-5,8-9H,2-3,6-7,14H2,1H3. The largest absolute Gasteiger partial charge is 0.321 e. The van der Waals surface area contributed by atoms with Crippen molar-refractivity contribution < 1.29 is 4.79 Å². The van der Waals surface area contributed by atoms with Gasteiger partial charge < -0.3 is 5.73 Å². The number of hydrogen-bond donors (Lipinski definition) is 1. The van der Waals surface area contributed by atoms with Crippen LogP contribution in [0.3, 0.4) is 0 Å². The van der Waals surface area contributed by atoms with E-state index in [1.54, 1.807) is 0 Å².